The fourth-order valence-corrected chi connectivity index (χ4v) is 5.53. The molecule has 4 rings (SSSR count). The number of rotatable bonds is 9. The maximum Gasteiger partial charge on any atom is 0.321 e. The number of imidazole rings is 1. The highest BCUT2D eigenvalue weighted by Gasteiger charge is 2.43. The minimum absolute atomic E-state index is 0.166. The summed E-state index contributed by atoms with van der Waals surface area (Å²) < 4.78 is 0. The lowest BCUT2D eigenvalue weighted by molar-refractivity contribution is -0.139. The number of hydrogen-bond donors (Lipinski definition) is 4. The van der Waals surface area contributed by atoms with Crippen LogP contribution in [0.1, 0.15) is 48.3 Å². The molecule has 0 radical (unpaired) electrons. The van der Waals surface area contributed by atoms with E-state index >= 15 is 0 Å². The maximum absolute atomic E-state index is 11.8. The van der Waals surface area contributed by atoms with Crippen LogP contribution in [0, 0.1) is 0 Å². The van der Waals surface area contributed by atoms with Crippen molar-refractivity contribution in [1.82, 2.24) is 15.3 Å². The van der Waals surface area contributed by atoms with E-state index in [2.05, 4.69) is 16.4 Å². The van der Waals surface area contributed by atoms with Gasteiger partial charge >= 0.3 is 5.97 Å². The van der Waals surface area contributed by atoms with E-state index in [9.17, 15) is 9.90 Å². The number of benzene rings is 2. The molecule has 0 spiro atoms. The molecule has 7 heteroatoms. The Balaban J connectivity index is 1.51. The summed E-state index contributed by atoms with van der Waals surface area (Å²) in [7, 11) is 0. The van der Waals surface area contributed by atoms with Crippen molar-refractivity contribution in [2.45, 2.75) is 61.8 Å². The van der Waals surface area contributed by atoms with Gasteiger partial charge < -0.3 is 10.1 Å². The minimum atomic E-state index is -0.864. The quantitative estimate of drug-likeness (QED) is 0.315. The Hall–Kier alpha value is -2.28. The Morgan fingerprint density at radius 1 is 1.21 bits per heavy atom. The van der Waals surface area contributed by atoms with Gasteiger partial charge in [0.25, 0.3) is 0 Å². The summed E-state index contributed by atoms with van der Waals surface area (Å²) in [6.07, 6.45) is 7.30. The SMILES string of the molecule is O=C(O)[C@H](Cc1ccccc1)NCc1cnc(C2(Cc3ccccc3Cl)CCCCC2S)[nH]1. The Labute approximate surface area is 205 Å². The number of thiol groups is 1. The zero-order valence-electron chi connectivity index (χ0n) is 18.5. The molecule has 5 nitrogen and oxygen atoms in total. The van der Waals surface area contributed by atoms with Gasteiger partial charge in [-0.3, -0.25) is 10.1 Å². The topological polar surface area (TPSA) is 78.0 Å². The molecule has 3 N–H and O–H groups in total. The lowest BCUT2D eigenvalue weighted by Gasteiger charge is -2.41. The van der Waals surface area contributed by atoms with E-state index < -0.39 is 12.0 Å². The Kier molecular flexibility index (Phi) is 7.78. The fourth-order valence-electron chi connectivity index (χ4n) is 4.80. The molecular weight excluding hydrogens is 454 g/mol. The van der Waals surface area contributed by atoms with E-state index in [0.717, 1.165) is 59.8 Å². The van der Waals surface area contributed by atoms with Gasteiger partial charge in [0.15, 0.2) is 0 Å². The van der Waals surface area contributed by atoms with E-state index in [1.165, 1.54) is 0 Å². The first-order valence-corrected chi connectivity index (χ1v) is 12.3. The second-order valence-corrected chi connectivity index (χ2v) is 9.93. The van der Waals surface area contributed by atoms with E-state index in [1.807, 2.05) is 54.7 Å². The lowest BCUT2D eigenvalue weighted by atomic mass is 9.69. The Morgan fingerprint density at radius 3 is 2.70 bits per heavy atom. The number of carboxylic acids is 1. The number of carbonyl (C=O) groups is 1. The number of hydrogen-bond acceptors (Lipinski definition) is 4. The summed E-state index contributed by atoms with van der Waals surface area (Å²) in [5.41, 5.74) is 2.72. The number of aliphatic carboxylic acids is 1. The van der Waals surface area contributed by atoms with Crippen LogP contribution in [0.4, 0.5) is 0 Å². The highest BCUT2D eigenvalue weighted by atomic mass is 35.5. The third-order valence-corrected chi connectivity index (χ3v) is 7.79. The van der Waals surface area contributed by atoms with Crippen LogP contribution in [0.2, 0.25) is 5.02 Å². The molecule has 0 amide bonds. The average molecular weight is 484 g/mol. The summed E-state index contributed by atoms with van der Waals surface area (Å²) >= 11 is 11.5. The lowest BCUT2D eigenvalue weighted by Crippen LogP contribution is -2.42. The van der Waals surface area contributed by atoms with Crippen molar-refractivity contribution in [2.24, 2.45) is 0 Å². The van der Waals surface area contributed by atoms with Crippen LogP contribution in [-0.2, 0) is 29.6 Å². The molecule has 3 atom stereocenters. The molecule has 33 heavy (non-hydrogen) atoms. The Morgan fingerprint density at radius 2 is 1.97 bits per heavy atom. The van der Waals surface area contributed by atoms with Gasteiger partial charge in [-0.15, -0.1) is 0 Å². The molecule has 1 fully saturated rings. The van der Waals surface area contributed by atoms with E-state index in [4.69, 9.17) is 29.2 Å². The van der Waals surface area contributed by atoms with Crippen molar-refractivity contribution in [3.8, 4) is 0 Å². The number of nitrogens with zero attached hydrogens (tertiary/aromatic N) is 1. The monoisotopic (exact) mass is 483 g/mol. The average Bonchev–Trinajstić information content (AvgIpc) is 3.30. The highest BCUT2D eigenvalue weighted by Crippen LogP contribution is 2.44. The van der Waals surface area contributed by atoms with Crippen LogP contribution in [-0.4, -0.2) is 32.3 Å². The molecule has 0 saturated heterocycles. The standard InChI is InChI=1S/C26H30ClN3O2S/c27-21-11-5-4-10-19(21)15-26(13-7-6-12-23(26)33)25-29-17-20(30-25)16-28-22(24(31)32)14-18-8-2-1-3-9-18/h1-5,8-11,17,22-23,28,33H,6-7,12-16H2,(H,29,30)(H,31,32)/t22-,23?,26?/m0/s1. The first-order valence-electron chi connectivity index (χ1n) is 11.4. The van der Waals surface area contributed by atoms with E-state index in [1.54, 1.807) is 0 Å². The summed E-state index contributed by atoms with van der Waals surface area (Å²) in [6.45, 7) is 0.399. The number of halogens is 1. The van der Waals surface area contributed by atoms with Gasteiger partial charge in [0.05, 0.1) is 0 Å². The largest absolute Gasteiger partial charge is 0.480 e. The van der Waals surface area contributed by atoms with Gasteiger partial charge in [0, 0.05) is 34.1 Å². The molecule has 1 aliphatic rings. The number of carboxylic acid groups (broad SMARTS) is 1. The number of aromatic amines is 1. The van der Waals surface area contributed by atoms with Gasteiger partial charge in [-0.05, 0) is 42.9 Å². The summed E-state index contributed by atoms with van der Waals surface area (Å²) in [5, 5.41) is 13.8. The van der Waals surface area contributed by atoms with Crippen molar-refractivity contribution < 1.29 is 9.90 Å². The first kappa shape index (κ1) is 23.9. The van der Waals surface area contributed by atoms with Crippen LogP contribution in [0.15, 0.2) is 60.8 Å². The third kappa shape index (κ3) is 5.62. The molecule has 1 aromatic heterocycles. The summed E-state index contributed by atoms with van der Waals surface area (Å²) in [5.74, 6) is 0.0466. The molecule has 1 heterocycles. The second kappa shape index (κ2) is 10.8. The smallest absolute Gasteiger partial charge is 0.321 e. The molecule has 0 bridgehead atoms. The van der Waals surface area contributed by atoms with Gasteiger partial charge in [-0.2, -0.15) is 12.6 Å². The Bertz CT molecular complexity index is 1070. The predicted molar refractivity (Wildman–Crippen MR) is 135 cm³/mol. The van der Waals surface area contributed by atoms with Crippen molar-refractivity contribution >= 4 is 30.2 Å². The number of nitrogens with one attached hydrogen (secondary N) is 2. The van der Waals surface area contributed by atoms with Crippen LogP contribution < -0.4 is 5.32 Å². The normalized spacial score (nSPS) is 21.6. The number of aromatic nitrogens is 2. The molecule has 3 aromatic rings. The van der Waals surface area contributed by atoms with Crippen molar-refractivity contribution in [1.29, 1.82) is 0 Å². The zero-order valence-corrected chi connectivity index (χ0v) is 20.2. The summed E-state index contributed by atoms with van der Waals surface area (Å²) in [4.78, 5) is 20.0. The van der Waals surface area contributed by atoms with Crippen molar-refractivity contribution in [2.75, 3.05) is 0 Å². The predicted octanol–water partition coefficient (Wildman–Crippen LogP) is 5.20. The van der Waals surface area contributed by atoms with Gasteiger partial charge in [-0.1, -0.05) is 73.0 Å². The molecule has 2 aromatic carbocycles. The van der Waals surface area contributed by atoms with Crippen LogP contribution in [0.3, 0.4) is 0 Å². The van der Waals surface area contributed by atoms with Crippen LogP contribution >= 0.6 is 24.2 Å². The molecular formula is C26H30ClN3O2S. The third-order valence-electron chi connectivity index (χ3n) is 6.67. The van der Waals surface area contributed by atoms with Gasteiger partial charge in [0.2, 0.25) is 0 Å². The molecule has 1 aliphatic carbocycles. The molecule has 1 saturated carbocycles. The van der Waals surface area contributed by atoms with Crippen molar-refractivity contribution in [3.63, 3.8) is 0 Å². The molecule has 0 aliphatic heterocycles. The maximum atomic E-state index is 11.8. The van der Waals surface area contributed by atoms with Gasteiger partial charge in [-0.25, -0.2) is 4.98 Å². The highest BCUT2D eigenvalue weighted by molar-refractivity contribution is 7.81. The van der Waals surface area contributed by atoms with Crippen LogP contribution in [0.5, 0.6) is 0 Å². The molecule has 2 unspecified atom stereocenters. The van der Waals surface area contributed by atoms with Crippen molar-refractivity contribution in [3.05, 3.63) is 88.5 Å². The molecule has 174 valence electrons. The van der Waals surface area contributed by atoms with Crippen LogP contribution in [0.25, 0.3) is 0 Å². The van der Waals surface area contributed by atoms with E-state index in [0.29, 0.717) is 13.0 Å². The second-order valence-electron chi connectivity index (χ2n) is 8.90. The van der Waals surface area contributed by atoms with E-state index in [-0.39, 0.29) is 10.7 Å². The zero-order chi connectivity index (χ0) is 23.3. The fraction of sp³-hybridized carbons (Fsp3) is 0.385. The number of H-pyrrole nitrogens is 1. The van der Waals surface area contributed by atoms with Gasteiger partial charge in [0.1, 0.15) is 11.9 Å². The summed E-state index contributed by atoms with van der Waals surface area (Å²) in [6, 6.07) is 17.0. The first-order chi connectivity index (χ1) is 16.0. The minimum Gasteiger partial charge on any atom is -0.480 e.